The van der Waals surface area contributed by atoms with Crippen LogP contribution in [0, 0.1) is 5.92 Å². The van der Waals surface area contributed by atoms with E-state index < -0.39 is 10.0 Å². The minimum absolute atomic E-state index is 0.139. The van der Waals surface area contributed by atoms with Crippen LogP contribution in [0.1, 0.15) is 33.6 Å². The Labute approximate surface area is 112 Å². The largest absolute Gasteiger partial charge is 0.381 e. The van der Waals surface area contributed by atoms with Gasteiger partial charge in [-0.3, -0.25) is 0 Å². The third-order valence-corrected chi connectivity index (χ3v) is 3.60. The summed E-state index contributed by atoms with van der Waals surface area (Å²) in [6, 6.07) is 0. The predicted octanol–water partition coefficient (Wildman–Crippen LogP) is 0.968. The van der Waals surface area contributed by atoms with Crippen LogP contribution in [0.3, 0.4) is 0 Å². The molecule has 6 heteroatoms. The normalized spacial score (nSPS) is 12.2. The minimum Gasteiger partial charge on any atom is -0.381 e. The van der Waals surface area contributed by atoms with E-state index in [1.165, 1.54) is 0 Å². The van der Waals surface area contributed by atoms with Gasteiger partial charge in [0.25, 0.3) is 0 Å². The van der Waals surface area contributed by atoms with E-state index in [1.54, 1.807) is 0 Å². The van der Waals surface area contributed by atoms with Gasteiger partial charge >= 0.3 is 0 Å². The summed E-state index contributed by atoms with van der Waals surface area (Å²) in [5.41, 5.74) is 0. The molecule has 0 atom stereocenters. The monoisotopic (exact) mass is 280 g/mol. The summed E-state index contributed by atoms with van der Waals surface area (Å²) in [6.45, 7) is 9.39. The molecule has 0 saturated carbocycles. The van der Waals surface area contributed by atoms with Crippen LogP contribution in [0.2, 0.25) is 0 Å². The van der Waals surface area contributed by atoms with E-state index in [4.69, 9.17) is 4.74 Å². The maximum Gasteiger partial charge on any atom is 0.212 e. The fourth-order valence-electron chi connectivity index (χ4n) is 1.30. The third kappa shape index (κ3) is 12.3. The number of hydrogen-bond acceptors (Lipinski definition) is 4. The van der Waals surface area contributed by atoms with Gasteiger partial charge in [0, 0.05) is 26.3 Å². The lowest BCUT2D eigenvalue weighted by molar-refractivity contribution is 0.108. The Kier molecular flexibility index (Phi) is 10.6. The van der Waals surface area contributed by atoms with Gasteiger partial charge in [0.1, 0.15) is 0 Å². The van der Waals surface area contributed by atoms with Crippen molar-refractivity contribution in [3.05, 3.63) is 0 Å². The molecule has 0 rings (SSSR count). The molecule has 0 aliphatic carbocycles. The van der Waals surface area contributed by atoms with Crippen LogP contribution in [0.15, 0.2) is 0 Å². The number of hydrogen-bond donors (Lipinski definition) is 2. The van der Waals surface area contributed by atoms with Gasteiger partial charge in [-0.25, -0.2) is 13.1 Å². The molecule has 0 amide bonds. The Morgan fingerprint density at radius 3 is 2.50 bits per heavy atom. The summed E-state index contributed by atoms with van der Waals surface area (Å²) in [4.78, 5) is 0. The molecule has 0 aromatic rings. The zero-order valence-corrected chi connectivity index (χ0v) is 12.7. The van der Waals surface area contributed by atoms with E-state index in [1.807, 2.05) is 0 Å². The zero-order valence-electron chi connectivity index (χ0n) is 11.9. The highest BCUT2D eigenvalue weighted by Gasteiger charge is 2.08. The summed E-state index contributed by atoms with van der Waals surface area (Å²) >= 11 is 0. The van der Waals surface area contributed by atoms with E-state index in [-0.39, 0.29) is 5.75 Å². The first-order valence-corrected chi connectivity index (χ1v) is 8.39. The first-order chi connectivity index (χ1) is 8.48. The molecule has 0 aliphatic heterocycles. The highest BCUT2D eigenvalue weighted by molar-refractivity contribution is 7.89. The van der Waals surface area contributed by atoms with E-state index in [2.05, 4.69) is 30.8 Å². The molecule has 0 spiro atoms. The van der Waals surface area contributed by atoms with Crippen molar-refractivity contribution in [2.45, 2.75) is 33.6 Å². The second-order valence-electron chi connectivity index (χ2n) is 4.79. The molecule has 0 radical (unpaired) electrons. The highest BCUT2D eigenvalue weighted by atomic mass is 32.2. The molecule has 0 fully saturated rings. The van der Waals surface area contributed by atoms with Crippen LogP contribution in [0.5, 0.6) is 0 Å². The molecule has 0 unspecified atom stereocenters. The van der Waals surface area contributed by atoms with Crippen LogP contribution in [0.25, 0.3) is 0 Å². The minimum atomic E-state index is -3.13. The Morgan fingerprint density at radius 2 is 1.89 bits per heavy atom. The van der Waals surface area contributed by atoms with E-state index in [0.29, 0.717) is 32.0 Å². The SMILES string of the molecule is CCCNCCS(=O)(=O)NCCCOCC(C)C. The summed E-state index contributed by atoms with van der Waals surface area (Å²) in [6.07, 6.45) is 1.73. The topological polar surface area (TPSA) is 67.4 Å². The van der Waals surface area contributed by atoms with Gasteiger partial charge in [0.05, 0.1) is 5.75 Å². The van der Waals surface area contributed by atoms with Crippen LogP contribution >= 0.6 is 0 Å². The average Bonchev–Trinajstić information content (AvgIpc) is 2.29. The summed E-state index contributed by atoms with van der Waals surface area (Å²) in [7, 11) is -3.13. The second kappa shape index (κ2) is 10.7. The fourth-order valence-corrected chi connectivity index (χ4v) is 2.31. The maximum absolute atomic E-state index is 11.5. The van der Waals surface area contributed by atoms with Gasteiger partial charge < -0.3 is 10.1 Å². The van der Waals surface area contributed by atoms with Gasteiger partial charge in [0.2, 0.25) is 10.0 Å². The van der Waals surface area contributed by atoms with Gasteiger partial charge in [-0.05, 0) is 25.3 Å². The Hall–Kier alpha value is -0.170. The molecule has 0 saturated heterocycles. The Morgan fingerprint density at radius 1 is 1.17 bits per heavy atom. The summed E-state index contributed by atoms with van der Waals surface area (Å²) in [5, 5.41) is 3.07. The molecule has 2 N–H and O–H groups in total. The molecule has 110 valence electrons. The van der Waals surface area contributed by atoms with Crippen molar-refractivity contribution in [2.75, 3.05) is 38.6 Å². The third-order valence-electron chi connectivity index (χ3n) is 2.21. The number of sulfonamides is 1. The molecule has 18 heavy (non-hydrogen) atoms. The van der Waals surface area contributed by atoms with Crippen molar-refractivity contribution in [1.29, 1.82) is 0 Å². The summed E-state index contributed by atoms with van der Waals surface area (Å²) < 4.78 is 31.0. The van der Waals surface area contributed by atoms with E-state index >= 15 is 0 Å². The lowest BCUT2D eigenvalue weighted by atomic mass is 10.2. The van der Waals surface area contributed by atoms with Crippen molar-refractivity contribution in [3.63, 3.8) is 0 Å². The van der Waals surface area contributed by atoms with Crippen LogP contribution < -0.4 is 10.0 Å². The standard InChI is InChI=1S/C12H28N2O3S/c1-4-6-13-8-10-18(15,16)14-7-5-9-17-11-12(2)3/h12-14H,4-11H2,1-3H3. The molecule has 0 aromatic carbocycles. The molecular weight excluding hydrogens is 252 g/mol. The van der Waals surface area contributed by atoms with Crippen LogP contribution in [0.4, 0.5) is 0 Å². The van der Waals surface area contributed by atoms with Crippen molar-refractivity contribution < 1.29 is 13.2 Å². The smallest absolute Gasteiger partial charge is 0.212 e. The van der Waals surface area contributed by atoms with Gasteiger partial charge in [-0.1, -0.05) is 20.8 Å². The fraction of sp³-hybridized carbons (Fsp3) is 1.00. The Bertz CT molecular complexity index is 279. The molecular formula is C12H28N2O3S. The van der Waals surface area contributed by atoms with E-state index in [9.17, 15) is 8.42 Å². The van der Waals surface area contributed by atoms with Gasteiger partial charge in [-0.15, -0.1) is 0 Å². The maximum atomic E-state index is 11.5. The Balaban J connectivity index is 3.47. The lowest BCUT2D eigenvalue weighted by Gasteiger charge is -2.08. The van der Waals surface area contributed by atoms with Crippen molar-refractivity contribution >= 4 is 10.0 Å². The summed E-state index contributed by atoms with van der Waals surface area (Å²) in [5.74, 6) is 0.658. The van der Waals surface area contributed by atoms with Crippen molar-refractivity contribution in [2.24, 2.45) is 5.92 Å². The molecule has 0 heterocycles. The van der Waals surface area contributed by atoms with Crippen molar-refractivity contribution in [1.82, 2.24) is 10.0 Å². The van der Waals surface area contributed by atoms with Crippen LogP contribution in [-0.4, -0.2) is 47.0 Å². The lowest BCUT2D eigenvalue weighted by Crippen LogP contribution is -2.33. The van der Waals surface area contributed by atoms with Crippen molar-refractivity contribution in [3.8, 4) is 0 Å². The molecule has 0 aliphatic rings. The molecule has 0 aromatic heterocycles. The average molecular weight is 280 g/mol. The van der Waals surface area contributed by atoms with Gasteiger partial charge in [-0.2, -0.15) is 0 Å². The van der Waals surface area contributed by atoms with Gasteiger partial charge in [0.15, 0.2) is 0 Å². The zero-order chi connectivity index (χ0) is 13.9. The highest BCUT2D eigenvalue weighted by Crippen LogP contribution is 1.93. The predicted molar refractivity (Wildman–Crippen MR) is 75.2 cm³/mol. The quantitative estimate of drug-likeness (QED) is 0.523. The first-order valence-electron chi connectivity index (χ1n) is 6.73. The number of rotatable bonds is 12. The second-order valence-corrected chi connectivity index (χ2v) is 6.71. The van der Waals surface area contributed by atoms with Crippen LogP contribution in [-0.2, 0) is 14.8 Å². The number of nitrogens with one attached hydrogen (secondary N) is 2. The molecule has 0 bridgehead atoms. The van der Waals surface area contributed by atoms with E-state index in [0.717, 1.165) is 19.6 Å². The number of ether oxygens (including phenoxy) is 1. The first kappa shape index (κ1) is 17.8. The molecule has 5 nitrogen and oxygen atoms in total.